The van der Waals surface area contributed by atoms with Crippen LogP contribution in [0.4, 0.5) is 11.4 Å². The first-order valence-corrected chi connectivity index (χ1v) is 6.27. The molecule has 1 aromatic carbocycles. The zero-order chi connectivity index (χ0) is 15.4. The van der Waals surface area contributed by atoms with Gasteiger partial charge in [-0.3, -0.25) is 10.1 Å². The second kappa shape index (κ2) is 6.08. The van der Waals surface area contributed by atoms with Gasteiger partial charge in [-0.15, -0.1) is 0 Å². The van der Waals surface area contributed by atoms with Crippen molar-refractivity contribution in [1.29, 1.82) is 0 Å². The minimum atomic E-state index is -0.437. The van der Waals surface area contributed by atoms with Crippen molar-refractivity contribution in [3.8, 4) is 0 Å². The fraction of sp³-hybridized carbons (Fsp3) is 0.214. The van der Waals surface area contributed by atoms with E-state index in [4.69, 9.17) is 0 Å². The Hall–Kier alpha value is -2.83. The standard InChI is InChI=1S/C14H15N3O4/c1-9-11(4-3-5-13(9)17(19)20)15-8-10-6-7-12(16-10)14(18)21-2/h3-7,15-16H,8H2,1-2H3. The van der Waals surface area contributed by atoms with Crippen LogP contribution in [-0.4, -0.2) is 23.0 Å². The van der Waals surface area contributed by atoms with E-state index in [1.165, 1.54) is 13.2 Å². The average Bonchev–Trinajstić information content (AvgIpc) is 2.94. The van der Waals surface area contributed by atoms with Gasteiger partial charge in [-0.25, -0.2) is 4.79 Å². The Morgan fingerprint density at radius 1 is 1.38 bits per heavy atom. The summed E-state index contributed by atoms with van der Waals surface area (Å²) >= 11 is 0. The predicted molar refractivity (Wildman–Crippen MR) is 77.3 cm³/mol. The molecule has 0 atom stereocenters. The third-order valence-corrected chi connectivity index (χ3v) is 3.12. The van der Waals surface area contributed by atoms with E-state index in [1.54, 1.807) is 31.2 Å². The molecule has 2 aromatic rings. The maximum Gasteiger partial charge on any atom is 0.354 e. The second-order valence-corrected chi connectivity index (χ2v) is 4.45. The van der Waals surface area contributed by atoms with Crippen molar-refractivity contribution in [2.75, 3.05) is 12.4 Å². The van der Waals surface area contributed by atoms with Crippen molar-refractivity contribution in [2.24, 2.45) is 0 Å². The molecule has 2 N–H and O–H groups in total. The Morgan fingerprint density at radius 2 is 2.14 bits per heavy atom. The number of nitro groups is 1. The smallest absolute Gasteiger partial charge is 0.354 e. The molecule has 1 heterocycles. The number of carbonyl (C=O) groups is 1. The van der Waals surface area contributed by atoms with Crippen LogP contribution in [0.1, 0.15) is 21.7 Å². The van der Waals surface area contributed by atoms with Gasteiger partial charge in [0.2, 0.25) is 0 Å². The summed E-state index contributed by atoms with van der Waals surface area (Å²) in [5, 5.41) is 14.0. The summed E-state index contributed by atoms with van der Waals surface area (Å²) in [5.74, 6) is -0.437. The molecule has 7 nitrogen and oxygen atoms in total. The number of ether oxygens (including phenoxy) is 1. The molecule has 2 rings (SSSR count). The molecule has 0 aliphatic rings. The van der Waals surface area contributed by atoms with Crippen LogP contribution < -0.4 is 5.32 Å². The molecule has 21 heavy (non-hydrogen) atoms. The third kappa shape index (κ3) is 3.19. The van der Waals surface area contributed by atoms with E-state index in [0.717, 1.165) is 5.69 Å². The Labute approximate surface area is 121 Å². The minimum absolute atomic E-state index is 0.0711. The van der Waals surface area contributed by atoms with Crippen LogP contribution in [0, 0.1) is 17.0 Å². The molecule has 1 aromatic heterocycles. The molecule has 7 heteroatoms. The molecule has 0 unspecified atom stereocenters. The first kappa shape index (κ1) is 14.6. The van der Waals surface area contributed by atoms with Gasteiger partial charge in [0.05, 0.1) is 18.6 Å². The summed E-state index contributed by atoms with van der Waals surface area (Å²) in [6, 6.07) is 8.24. The second-order valence-electron chi connectivity index (χ2n) is 4.45. The molecule has 0 aliphatic heterocycles. The quantitative estimate of drug-likeness (QED) is 0.501. The summed E-state index contributed by atoms with van der Waals surface area (Å²) < 4.78 is 4.61. The molecule has 0 amide bonds. The van der Waals surface area contributed by atoms with Crippen molar-refractivity contribution >= 4 is 17.3 Å². The topological polar surface area (TPSA) is 97.3 Å². The summed E-state index contributed by atoms with van der Waals surface area (Å²) in [6.07, 6.45) is 0. The van der Waals surface area contributed by atoms with E-state index in [2.05, 4.69) is 15.0 Å². The molecular formula is C14H15N3O4. The van der Waals surface area contributed by atoms with Crippen molar-refractivity contribution in [3.05, 3.63) is 57.4 Å². The van der Waals surface area contributed by atoms with Crippen LogP contribution in [0.2, 0.25) is 0 Å². The number of anilines is 1. The predicted octanol–water partition coefficient (Wildman–Crippen LogP) is 2.63. The first-order chi connectivity index (χ1) is 10.0. The zero-order valence-electron chi connectivity index (χ0n) is 11.7. The highest BCUT2D eigenvalue weighted by molar-refractivity contribution is 5.87. The van der Waals surface area contributed by atoms with Gasteiger partial charge >= 0.3 is 5.97 Å². The Bertz CT molecular complexity index is 679. The lowest BCUT2D eigenvalue weighted by Gasteiger charge is -2.08. The van der Waals surface area contributed by atoms with Gasteiger partial charge in [0, 0.05) is 23.0 Å². The van der Waals surface area contributed by atoms with Gasteiger partial charge in [0.25, 0.3) is 5.69 Å². The molecule has 0 fully saturated rings. The van der Waals surface area contributed by atoms with Gasteiger partial charge in [-0.1, -0.05) is 6.07 Å². The van der Waals surface area contributed by atoms with E-state index >= 15 is 0 Å². The first-order valence-electron chi connectivity index (χ1n) is 6.27. The van der Waals surface area contributed by atoms with Crippen molar-refractivity contribution < 1.29 is 14.5 Å². The lowest BCUT2D eigenvalue weighted by atomic mass is 10.1. The number of hydrogen-bond acceptors (Lipinski definition) is 5. The fourth-order valence-corrected chi connectivity index (χ4v) is 1.98. The lowest BCUT2D eigenvalue weighted by Crippen LogP contribution is -2.05. The van der Waals surface area contributed by atoms with Crippen molar-refractivity contribution in [1.82, 2.24) is 4.98 Å². The molecule has 0 bridgehead atoms. The maximum atomic E-state index is 11.3. The number of aromatic nitrogens is 1. The van der Waals surface area contributed by atoms with Crippen LogP contribution in [0.3, 0.4) is 0 Å². The largest absolute Gasteiger partial charge is 0.464 e. The Kier molecular flexibility index (Phi) is 4.22. The molecule has 0 aliphatic carbocycles. The summed E-state index contributed by atoms with van der Waals surface area (Å²) in [4.78, 5) is 24.7. The normalized spacial score (nSPS) is 10.2. The highest BCUT2D eigenvalue weighted by Gasteiger charge is 2.13. The van der Waals surface area contributed by atoms with Gasteiger partial charge in [-0.2, -0.15) is 0 Å². The number of H-pyrrole nitrogens is 1. The fourth-order valence-electron chi connectivity index (χ4n) is 1.98. The number of hydrogen-bond donors (Lipinski definition) is 2. The zero-order valence-corrected chi connectivity index (χ0v) is 11.7. The van der Waals surface area contributed by atoms with E-state index in [9.17, 15) is 14.9 Å². The monoisotopic (exact) mass is 289 g/mol. The van der Waals surface area contributed by atoms with Crippen molar-refractivity contribution in [2.45, 2.75) is 13.5 Å². The number of nitrogens with one attached hydrogen (secondary N) is 2. The maximum absolute atomic E-state index is 11.3. The summed E-state index contributed by atoms with van der Waals surface area (Å²) in [7, 11) is 1.31. The van der Waals surface area contributed by atoms with Crippen LogP contribution in [0.25, 0.3) is 0 Å². The molecule has 0 saturated heterocycles. The van der Waals surface area contributed by atoms with Crippen LogP contribution in [-0.2, 0) is 11.3 Å². The number of rotatable bonds is 5. The number of nitrogens with zero attached hydrogens (tertiary/aromatic N) is 1. The molecule has 110 valence electrons. The van der Waals surface area contributed by atoms with E-state index in [1.807, 2.05) is 0 Å². The van der Waals surface area contributed by atoms with Crippen LogP contribution >= 0.6 is 0 Å². The lowest BCUT2D eigenvalue weighted by molar-refractivity contribution is -0.385. The van der Waals surface area contributed by atoms with E-state index in [-0.39, 0.29) is 5.69 Å². The number of carbonyl (C=O) groups excluding carboxylic acids is 1. The number of benzene rings is 1. The van der Waals surface area contributed by atoms with Crippen molar-refractivity contribution in [3.63, 3.8) is 0 Å². The Morgan fingerprint density at radius 3 is 2.81 bits per heavy atom. The molecule has 0 spiro atoms. The summed E-state index contributed by atoms with van der Waals surface area (Å²) in [6.45, 7) is 2.11. The summed E-state index contributed by atoms with van der Waals surface area (Å²) in [5.41, 5.74) is 2.47. The SMILES string of the molecule is COC(=O)c1ccc(CNc2cccc([N+](=O)[O-])c2C)[nH]1. The van der Waals surface area contributed by atoms with Gasteiger partial charge in [0.1, 0.15) is 5.69 Å². The number of nitro benzene ring substituents is 1. The number of esters is 1. The highest BCUT2D eigenvalue weighted by Crippen LogP contribution is 2.25. The van der Waals surface area contributed by atoms with E-state index < -0.39 is 10.9 Å². The Balaban J connectivity index is 2.10. The van der Waals surface area contributed by atoms with E-state index in [0.29, 0.717) is 23.5 Å². The number of methoxy groups -OCH3 is 1. The third-order valence-electron chi connectivity index (χ3n) is 3.12. The van der Waals surface area contributed by atoms with Crippen LogP contribution in [0.5, 0.6) is 0 Å². The average molecular weight is 289 g/mol. The van der Waals surface area contributed by atoms with Crippen LogP contribution in [0.15, 0.2) is 30.3 Å². The molecular weight excluding hydrogens is 274 g/mol. The van der Waals surface area contributed by atoms with Gasteiger partial charge in [0.15, 0.2) is 0 Å². The highest BCUT2D eigenvalue weighted by atomic mass is 16.6. The molecule has 0 radical (unpaired) electrons. The number of aromatic amines is 1. The van der Waals surface area contributed by atoms with Gasteiger partial charge in [-0.05, 0) is 25.1 Å². The minimum Gasteiger partial charge on any atom is -0.464 e. The van der Waals surface area contributed by atoms with Gasteiger partial charge < -0.3 is 15.0 Å². The molecule has 0 saturated carbocycles.